The largest absolute Gasteiger partial charge is 0.381 e. The summed E-state index contributed by atoms with van der Waals surface area (Å²) in [5.74, 6) is 1.28. The lowest BCUT2D eigenvalue weighted by molar-refractivity contribution is 0.149. The minimum Gasteiger partial charge on any atom is -0.381 e. The number of nitrogens with one attached hydrogen (secondary N) is 1. The molecule has 1 heterocycles. The normalized spacial score (nSPS) is 10.5. The Morgan fingerprint density at radius 2 is 2.11 bits per heavy atom. The highest BCUT2D eigenvalue weighted by Crippen LogP contribution is 2.07. The number of aromatic nitrogens is 2. The first-order valence-electron chi connectivity index (χ1n) is 6.06. The quantitative estimate of drug-likeness (QED) is 0.760. The smallest absolute Gasteiger partial charge is 0.245 e. The van der Waals surface area contributed by atoms with Crippen LogP contribution in [0.5, 0.6) is 0 Å². The van der Waals surface area contributed by atoms with Crippen LogP contribution in [0.25, 0.3) is 0 Å². The molecule has 96 valence electrons. The lowest BCUT2D eigenvalue weighted by atomic mass is 10.3. The molecule has 0 bridgehead atoms. The van der Waals surface area contributed by atoms with E-state index in [1.165, 1.54) is 0 Å². The lowest BCUT2D eigenvalue weighted by Crippen LogP contribution is -2.01. The second-order valence-electron chi connectivity index (χ2n) is 3.77. The molecule has 0 spiro atoms. The molecule has 0 aliphatic rings. The summed E-state index contributed by atoms with van der Waals surface area (Å²) in [4.78, 5) is 4.28. The van der Waals surface area contributed by atoms with Crippen molar-refractivity contribution in [2.75, 3.05) is 18.5 Å². The van der Waals surface area contributed by atoms with Crippen LogP contribution in [0.3, 0.4) is 0 Å². The molecular formula is C13H17N3O2. The van der Waals surface area contributed by atoms with Gasteiger partial charge < -0.3 is 14.6 Å². The predicted molar refractivity (Wildman–Crippen MR) is 68.3 cm³/mol. The summed E-state index contributed by atoms with van der Waals surface area (Å²) in [5.41, 5.74) is 1.03. The summed E-state index contributed by atoms with van der Waals surface area (Å²) in [6.45, 7) is 3.83. The highest BCUT2D eigenvalue weighted by Gasteiger charge is 2.05. The van der Waals surface area contributed by atoms with Crippen LogP contribution in [0.4, 0.5) is 5.69 Å². The van der Waals surface area contributed by atoms with Crippen molar-refractivity contribution in [3.8, 4) is 0 Å². The molecule has 2 aromatic rings. The minimum absolute atomic E-state index is 0.533. The molecule has 1 aromatic heterocycles. The third kappa shape index (κ3) is 3.85. The first-order valence-corrected chi connectivity index (χ1v) is 6.06. The van der Waals surface area contributed by atoms with Gasteiger partial charge in [0.1, 0.15) is 0 Å². The molecule has 5 nitrogen and oxygen atoms in total. The number of ether oxygens (including phenoxy) is 1. The van der Waals surface area contributed by atoms with Crippen molar-refractivity contribution in [2.45, 2.75) is 19.9 Å². The molecule has 0 atom stereocenters. The Labute approximate surface area is 106 Å². The third-order valence-corrected chi connectivity index (χ3v) is 2.40. The van der Waals surface area contributed by atoms with Gasteiger partial charge in [-0.1, -0.05) is 23.4 Å². The van der Waals surface area contributed by atoms with Gasteiger partial charge in [0.05, 0.1) is 13.2 Å². The van der Waals surface area contributed by atoms with E-state index in [9.17, 15) is 0 Å². The summed E-state index contributed by atoms with van der Waals surface area (Å²) in [6, 6.07) is 9.91. The van der Waals surface area contributed by atoms with Crippen LogP contribution >= 0.6 is 0 Å². The van der Waals surface area contributed by atoms with Crippen LogP contribution in [0.15, 0.2) is 34.9 Å². The zero-order valence-corrected chi connectivity index (χ0v) is 10.4. The molecule has 0 aliphatic carbocycles. The number of hydrogen-bond acceptors (Lipinski definition) is 5. The number of hydrogen-bond donors (Lipinski definition) is 1. The van der Waals surface area contributed by atoms with Gasteiger partial charge in [0, 0.05) is 18.7 Å². The number of anilines is 1. The minimum atomic E-state index is 0.533. The van der Waals surface area contributed by atoms with Crippen molar-refractivity contribution in [1.82, 2.24) is 10.1 Å². The molecule has 1 aromatic carbocycles. The number of benzene rings is 1. The van der Waals surface area contributed by atoms with E-state index in [-0.39, 0.29) is 0 Å². The van der Waals surface area contributed by atoms with Gasteiger partial charge in [-0.3, -0.25) is 0 Å². The Balaban J connectivity index is 1.80. The van der Waals surface area contributed by atoms with Crippen LogP contribution in [0, 0.1) is 0 Å². The van der Waals surface area contributed by atoms with Gasteiger partial charge in [-0.2, -0.15) is 4.98 Å². The topological polar surface area (TPSA) is 60.2 Å². The van der Waals surface area contributed by atoms with E-state index in [2.05, 4.69) is 15.5 Å². The van der Waals surface area contributed by atoms with Gasteiger partial charge in [-0.05, 0) is 19.1 Å². The maximum absolute atomic E-state index is 5.24. The highest BCUT2D eigenvalue weighted by atomic mass is 16.5. The highest BCUT2D eigenvalue weighted by molar-refractivity contribution is 5.42. The first kappa shape index (κ1) is 12.6. The van der Waals surface area contributed by atoms with Gasteiger partial charge in [0.2, 0.25) is 5.89 Å². The number of para-hydroxylation sites is 1. The third-order valence-electron chi connectivity index (χ3n) is 2.40. The number of rotatable bonds is 7. The zero-order chi connectivity index (χ0) is 12.6. The van der Waals surface area contributed by atoms with Gasteiger partial charge >= 0.3 is 0 Å². The van der Waals surface area contributed by atoms with Gasteiger partial charge in [0.15, 0.2) is 5.82 Å². The molecule has 2 rings (SSSR count). The summed E-state index contributed by atoms with van der Waals surface area (Å²) < 4.78 is 10.4. The number of nitrogens with zero attached hydrogens (tertiary/aromatic N) is 2. The fourth-order valence-electron chi connectivity index (χ4n) is 1.50. The summed E-state index contributed by atoms with van der Waals surface area (Å²) in [5, 5.41) is 7.11. The molecule has 0 amide bonds. The molecule has 18 heavy (non-hydrogen) atoms. The Morgan fingerprint density at radius 3 is 2.89 bits per heavy atom. The molecule has 0 fully saturated rings. The van der Waals surface area contributed by atoms with E-state index in [4.69, 9.17) is 9.26 Å². The van der Waals surface area contributed by atoms with E-state index in [0.717, 1.165) is 5.69 Å². The molecular weight excluding hydrogens is 230 g/mol. The fourth-order valence-corrected chi connectivity index (χ4v) is 1.50. The molecule has 0 radical (unpaired) electrons. The molecule has 0 aliphatic heterocycles. The second kappa shape index (κ2) is 6.76. The molecule has 0 saturated carbocycles. The lowest BCUT2D eigenvalue weighted by Gasteiger charge is -2.01. The van der Waals surface area contributed by atoms with Gasteiger partial charge in [-0.25, -0.2) is 0 Å². The zero-order valence-electron chi connectivity index (χ0n) is 10.4. The fraction of sp³-hybridized carbons (Fsp3) is 0.385. The molecule has 0 saturated heterocycles. The summed E-state index contributed by atoms with van der Waals surface area (Å²) >= 11 is 0. The van der Waals surface area contributed by atoms with Gasteiger partial charge in [0.25, 0.3) is 0 Å². The first-order chi connectivity index (χ1) is 8.88. The van der Waals surface area contributed by atoms with Crippen LogP contribution in [0.1, 0.15) is 18.6 Å². The molecule has 5 heteroatoms. The maximum Gasteiger partial charge on any atom is 0.245 e. The standard InChI is InChI=1S/C13H17N3O2/c1-2-17-9-8-12-15-13(18-16-12)10-14-11-6-4-3-5-7-11/h3-7,14H,2,8-10H2,1H3. The van der Waals surface area contributed by atoms with Gasteiger partial charge in [-0.15, -0.1) is 0 Å². The van der Waals surface area contributed by atoms with Crippen LogP contribution in [-0.2, 0) is 17.7 Å². The van der Waals surface area contributed by atoms with Crippen molar-refractivity contribution in [1.29, 1.82) is 0 Å². The van der Waals surface area contributed by atoms with Crippen molar-refractivity contribution >= 4 is 5.69 Å². The monoisotopic (exact) mass is 247 g/mol. The van der Waals surface area contributed by atoms with Crippen LogP contribution < -0.4 is 5.32 Å². The van der Waals surface area contributed by atoms with E-state index in [1.54, 1.807) is 0 Å². The predicted octanol–water partition coefficient (Wildman–Crippen LogP) is 2.26. The van der Waals surface area contributed by atoms with E-state index in [1.807, 2.05) is 37.3 Å². The Morgan fingerprint density at radius 1 is 1.28 bits per heavy atom. The Bertz CT molecular complexity index is 456. The average molecular weight is 247 g/mol. The van der Waals surface area contributed by atoms with Crippen molar-refractivity contribution in [3.63, 3.8) is 0 Å². The SMILES string of the molecule is CCOCCc1noc(CNc2ccccc2)n1. The second-order valence-corrected chi connectivity index (χ2v) is 3.77. The average Bonchev–Trinajstić information content (AvgIpc) is 2.86. The van der Waals surface area contributed by atoms with Crippen LogP contribution in [-0.4, -0.2) is 23.4 Å². The Kier molecular flexibility index (Phi) is 4.72. The molecule has 1 N–H and O–H groups in total. The summed E-state index contributed by atoms with van der Waals surface area (Å²) in [6.07, 6.45) is 0.683. The maximum atomic E-state index is 5.24. The molecule has 0 unspecified atom stereocenters. The van der Waals surface area contributed by atoms with E-state index >= 15 is 0 Å². The van der Waals surface area contributed by atoms with Crippen molar-refractivity contribution in [2.24, 2.45) is 0 Å². The Hall–Kier alpha value is -1.88. The van der Waals surface area contributed by atoms with Crippen LogP contribution in [0.2, 0.25) is 0 Å². The van der Waals surface area contributed by atoms with E-state index in [0.29, 0.717) is 37.9 Å². The summed E-state index contributed by atoms with van der Waals surface area (Å²) in [7, 11) is 0. The van der Waals surface area contributed by atoms with Crippen molar-refractivity contribution < 1.29 is 9.26 Å². The van der Waals surface area contributed by atoms with E-state index < -0.39 is 0 Å². The van der Waals surface area contributed by atoms with Crippen molar-refractivity contribution in [3.05, 3.63) is 42.0 Å².